The number of nitrogens with one attached hydrogen (secondary N) is 1. The Morgan fingerprint density at radius 1 is 1.47 bits per heavy atom. The molecule has 1 fully saturated rings. The van der Waals surface area contributed by atoms with E-state index in [-0.39, 0.29) is 11.9 Å². The first kappa shape index (κ1) is 12.5. The van der Waals surface area contributed by atoms with Crippen LogP contribution in [0.2, 0.25) is 0 Å². The Labute approximate surface area is 92.8 Å². The van der Waals surface area contributed by atoms with Gasteiger partial charge in [-0.25, -0.2) is 0 Å². The SMILES string of the molecule is CCC[C@H](N)C(=O)N[C@H]1CCCC[C@@H]1C. The molecular weight excluding hydrogens is 188 g/mol. The largest absolute Gasteiger partial charge is 0.352 e. The minimum absolute atomic E-state index is 0.0376. The van der Waals surface area contributed by atoms with Crippen molar-refractivity contribution < 1.29 is 4.79 Å². The molecule has 3 N–H and O–H groups in total. The van der Waals surface area contributed by atoms with Gasteiger partial charge in [0.25, 0.3) is 0 Å². The van der Waals surface area contributed by atoms with Gasteiger partial charge in [0.15, 0.2) is 0 Å². The summed E-state index contributed by atoms with van der Waals surface area (Å²) in [5.41, 5.74) is 5.78. The summed E-state index contributed by atoms with van der Waals surface area (Å²) in [7, 11) is 0. The van der Waals surface area contributed by atoms with E-state index in [4.69, 9.17) is 5.73 Å². The fraction of sp³-hybridized carbons (Fsp3) is 0.917. The summed E-state index contributed by atoms with van der Waals surface area (Å²) in [6.07, 6.45) is 6.63. The maximum Gasteiger partial charge on any atom is 0.237 e. The smallest absolute Gasteiger partial charge is 0.237 e. The van der Waals surface area contributed by atoms with E-state index in [2.05, 4.69) is 19.2 Å². The van der Waals surface area contributed by atoms with Crippen LogP contribution in [0.25, 0.3) is 0 Å². The van der Waals surface area contributed by atoms with E-state index < -0.39 is 0 Å². The van der Waals surface area contributed by atoms with Crippen molar-refractivity contribution in [3.05, 3.63) is 0 Å². The quantitative estimate of drug-likeness (QED) is 0.746. The third-order valence-corrected chi connectivity index (χ3v) is 3.38. The first-order chi connectivity index (χ1) is 7.15. The fourth-order valence-electron chi connectivity index (χ4n) is 2.26. The van der Waals surface area contributed by atoms with Gasteiger partial charge in [-0.1, -0.05) is 33.1 Å². The molecule has 15 heavy (non-hydrogen) atoms. The molecule has 1 amide bonds. The third kappa shape index (κ3) is 3.82. The zero-order chi connectivity index (χ0) is 11.3. The van der Waals surface area contributed by atoms with Crippen LogP contribution in [0.15, 0.2) is 0 Å². The molecule has 0 aromatic carbocycles. The normalized spacial score (nSPS) is 28.5. The summed E-state index contributed by atoms with van der Waals surface area (Å²) >= 11 is 0. The number of carbonyl (C=O) groups is 1. The van der Waals surface area contributed by atoms with E-state index in [1.165, 1.54) is 19.3 Å². The van der Waals surface area contributed by atoms with Crippen molar-refractivity contribution in [2.45, 2.75) is 64.5 Å². The van der Waals surface area contributed by atoms with Crippen LogP contribution in [-0.2, 0) is 4.79 Å². The highest BCUT2D eigenvalue weighted by atomic mass is 16.2. The molecule has 0 radical (unpaired) electrons. The lowest BCUT2D eigenvalue weighted by Gasteiger charge is -2.30. The second kappa shape index (κ2) is 6.11. The van der Waals surface area contributed by atoms with Crippen LogP contribution < -0.4 is 11.1 Å². The molecule has 1 aliphatic rings. The predicted octanol–water partition coefficient (Wildman–Crippen LogP) is 1.81. The number of hydrogen-bond donors (Lipinski definition) is 2. The predicted molar refractivity (Wildman–Crippen MR) is 62.4 cm³/mol. The molecule has 0 unspecified atom stereocenters. The van der Waals surface area contributed by atoms with Crippen molar-refractivity contribution in [2.24, 2.45) is 11.7 Å². The molecule has 1 rings (SSSR count). The summed E-state index contributed by atoms with van der Waals surface area (Å²) in [6, 6.07) is 0.0401. The fourth-order valence-corrected chi connectivity index (χ4v) is 2.26. The van der Waals surface area contributed by atoms with Crippen LogP contribution in [-0.4, -0.2) is 18.0 Å². The molecule has 0 saturated heterocycles. The maximum absolute atomic E-state index is 11.7. The van der Waals surface area contributed by atoms with Crippen LogP contribution in [0, 0.1) is 5.92 Å². The number of carbonyl (C=O) groups excluding carboxylic acids is 1. The topological polar surface area (TPSA) is 55.1 Å². The molecule has 0 aromatic heterocycles. The van der Waals surface area contributed by atoms with E-state index in [0.29, 0.717) is 12.0 Å². The van der Waals surface area contributed by atoms with Crippen molar-refractivity contribution in [1.29, 1.82) is 0 Å². The third-order valence-electron chi connectivity index (χ3n) is 3.38. The Bertz CT molecular complexity index is 206. The Balaban J connectivity index is 2.35. The summed E-state index contributed by atoms with van der Waals surface area (Å²) in [6.45, 7) is 4.27. The van der Waals surface area contributed by atoms with Crippen molar-refractivity contribution >= 4 is 5.91 Å². The van der Waals surface area contributed by atoms with E-state index in [9.17, 15) is 4.79 Å². The van der Waals surface area contributed by atoms with Gasteiger partial charge in [-0.05, 0) is 25.2 Å². The van der Waals surface area contributed by atoms with Gasteiger partial charge in [0.2, 0.25) is 5.91 Å². The Morgan fingerprint density at radius 2 is 2.13 bits per heavy atom. The van der Waals surface area contributed by atoms with Crippen molar-refractivity contribution in [3.8, 4) is 0 Å². The highest BCUT2D eigenvalue weighted by Crippen LogP contribution is 2.23. The first-order valence-electron chi connectivity index (χ1n) is 6.21. The second-order valence-corrected chi connectivity index (χ2v) is 4.77. The minimum Gasteiger partial charge on any atom is -0.352 e. The van der Waals surface area contributed by atoms with Crippen LogP contribution in [0.4, 0.5) is 0 Å². The molecular formula is C12H24N2O. The molecule has 3 atom stereocenters. The van der Waals surface area contributed by atoms with Gasteiger partial charge in [0.1, 0.15) is 0 Å². The van der Waals surface area contributed by atoms with E-state index in [1.54, 1.807) is 0 Å². The Hall–Kier alpha value is -0.570. The van der Waals surface area contributed by atoms with Crippen LogP contribution in [0.3, 0.4) is 0 Å². The Morgan fingerprint density at radius 3 is 2.73 bits per heavy atom. The number of rotatable bonds is 4. The zero-order valence-corrected chi connectivity index (χ0v) is 9.96. The number of amides is 1. The number of hydrogen-bond acceptors (Lipinski definition) is 2. The highest BCUT2D eigenvalue weighted by molar-refractivity contribution is 5.81. The maximum atomic E-state index is 11.7. The average molecular weight is 212 g/mol. The number of nitrogens with two attached hydrogens (primary N) is 1. The van der Waals surface area contributed by atoms with Crippen LogP contribution in [0.1, 0.15) is 52.4 Å². The summed E-state index contributed by atoms with van der Waals surface area (Å²) in [5, 5.41) is 3.09. The molecule has 0 spiro atoms. The van der Waals surface area contributed by atoms with E-state index >= 15 is 0 Å². The summed E-state index contributed by atoms with van der Waals surface area (Å²) < 4.78 is 0. The standard InChI is InChI=1S/C12H24N2O/c1-3-6-10(13)12(15)14-11-8-5-4-7-9(11)2/h9-11H,3-8,13H2,1-2H3,(H,14,15)/t9-,10-,11-/m0/s1. The molecule has 1 saturated carbocycles. The molecule has 88 valence electrons. The van der Waals surface area contributed by atoms with Gasteiger partial charge in [-0.3, -0.25) is 4.79 Å². The molecule has 1 aliphatic carbocycles. The molecule has 3 heteroatoms. The monoisotopic (exact) mass is 212 g/mol. The van der Waals surface area contributed by atoms with Crippen molar-refractivity contribution in [2.75, 3.05) is 0 Å². The molecule has 0 heterocycles. The van der Waals surface area contributed by atoms with Crippen LogP contribution >= 0.6 is 0 Å². The molecule has 0 aliphatic heterocycles. The van der Waals surface area contributed by atoms with Gasteiger partial charge < -0.3 is 11.1 Å². The van der Waals surface area contributed by atoms with Crippen molar-refractivity contribution in [1.82, 2.24) is 5.32 Å². The molecule has 0 bridgehead atoms. The molecule has 3 nitrogen and oxygen atoms in total. The van der Waals surface area contributed by atoms with Gasteiger partial charge in [-0.15, -0.1) is 0 Å². The molecule has 0 aromatic rings. The van der Waals surface area contributed by atoms with Crippen LogP contribution in [0.5, 0.6) is 0 Å². The summed E-state index contributed by atoms with van der Waals surface area (Å²) in [5.74, 6) is 0.645. The highest BCUT2D eigenvalue weighted by Gasteiger charge is 2.24. The lowest BCUT2D eigenvalue weighted by molar-refractivity contribution is -0.123. The zero-order valence-electron chi connectivity index (χ0n) is 9.96. The Kier molecular flexibility index (Phi) is 5.09. The average Bonchev–Trinajstić information content (AvgIpc) is 2.21. The van der Waals surface area contributed by atoms with Gasteiger partial charge in [-0.2, -0.15) is 0 Å². The van der Waals surface area contributed by atoms with Crippen molar-refractivity contribution in [3.63, 3.8) is 0 Å². The first-order valence-corrected chi connectivity index (χ1v) is 6.21. The van der Waals surface area contributed by atoms with Gasteiger partial charge in [0.05, 0.1) is 6.04 Å². The van der Waals surface area contributed by atoms with Gasteiger partial charge in [0, 0.05) is 6.04 Å². The minimum atomic E-state index is -0.316. The lowest BCUT2D eigenvalue weighted by atomic mass is 9.86. The summed E-state index contributed by atoms with van der Waals surface area (Å²) in [4.78, 5) is 11.7. The van der Waals surface area contributed by atoms with Gasteiger partial charge >= 0.3 is 0 Å². The second-order valence-electron chi connectivity index (χ2n) is 4.77. The van der Waals surface area contributed by atoms with E-state index in [0.717, 1.165) is 19.3 Å². The lowest BCUT2D eigenvalue weighted by Crippen LogP contribution is -2.48. The van der Waals surface area contributed by atoms with E-state index in [1.807, 2.05) is 0 Å².